The number of nitrogens with two attached hydrogens (primary N) is 1. The number of carbonyl (C=O) groups excluding carboxylic acids is 2. The Morgan fingerprint density at radius 2 is 1.90 bits per heavy atom. The van der Waals surface area contributed by atoms with Crippen molar-refractivity contribution in [1.82, 2.24) is 14.7 Å². The van der Waals surface area contributed by atoms with E-state index in [2.05, 4.69) is 10.6 Å². The van der Waals surface area contributed by atoms with Crippen molar-refractivity contribution in [2.75, 3.05) is 19.0 Å². The molecule has 1 saturated carbocycles. The lowest BCUT2D eigenvalue weighted by Gasteiger charge is -2.26. The summed E-state index contributed by atoms with van der Waals surface area (Å²) in [6.45, 7) is 0.0101. The topological polar surface area (TPSA) is 111 Å². The number of pyridine rings is 1. The highest BCUT2D eigenvalue weighted by molar-refractivity contribution is 5.95. The molecular weight excluding hydrogens is 394 g/mol. The van der Waals surface area contributed by atoms with Crippen LogP contribution < -0.4 is 16.4 Å². The largest absolute Gasteiger partial charge is 0.468 e. The lowest BCUT2D eigenvalue weighted by atomic mass is 9.91. The predicted molar refractivity (Wildman–Crippen MR) is 119 cm³/mol. The molecule has 162 valence electrons. The molecule has 4 rings (SSSR count). The molecule has 0 aliphatic heterocycles. The summed E-state index contributed by atoms with van der Waals surface area (Å²) in [5.41, 5.74) is 8.73. The van der Waals surface area contributed by atoms with Gasteiger partial charge in [-0.3, -0.25) is 14.0 Å². The molecule has 0 radical (unpaired) electrons. The molecule has 0 saturated heterocycles. The lowest BCUT2D eigenvalue weighted by molar-refractivity contribution is -0.138. The smallest absolute Gasteiger partial charge is 0.325 e. The minimum absolute atomic E-state index is 0.0101. The van der Waals surface area contributed by atoms with Gasteiger partial charge >= 0.3 is 5.97 Å². The van der Waals surface area contributed by atoms with Crippen LogP contribution >= 0.6 is 0 Å². The molecule has 8 nitrogen and oxygen atoms in total. The monoisotopic (exact) mass is 421 g/mol. The number of ether oxygens (including phenoxy) is 1. The van der Waals surface area contributed by atoms with E-state index >= 15 is 0 Å². The summed E-state index contributed by atoms with van der Waals surface area (Å²) in [6, 6.07) is 13.6. The number of methoxy groups -OCH3 is 1. The van der Waals surface area contributed by atoms with Gasteiger partial charge in [0.2, 0.25) is 0 Å². The van der Waals surface area contributed by atoms with E-state index in [1.165, 1.54) is 7.11 Å². The number of hydrogen-bond donors (Lipinski definition) is 3. The second-order valence-corrected chi connectivity index (χ2v) is 7.83. The maximum absolute atomic E-state index is 12.8. The molecule has 0 spiro atoms. The van der Waals surface area contributed by atoms with Crippen LogP contribution in [0.1, 0.15) is 36.0 Å². The first kappa shape index (κ1) is 20.9. The van der Waals surface area contributed by atoms with Crippen LogP contribution in [0.4, 0.5) is 5.82 Å². The van der Waals surface area contributed by atoms with E-state index in [9.17, 15) is 9.59 Å². The predicted octanol–water partition coefficient (Wildman–Crippen LogP) is 2.59. The number of amides is 1. The van der Waals surface area contributed by atoms with E-state index in [1.807, 2.05) is 34.7 Å². The molecule has 1 aromatic carbocycles. The Balaban J connectivity index is 1.63. The standard InChI is InChI=1S/C23H27N5O3/c1-31-20(29)14-25-22-21(15-5-3-2-4-6-15)27-19-13-16(11-12-28(19)22)23(30)26-18-9-7-17(24)8-10-18/h2-6,11-13,17-18,25H,7-10,14,24H2,1H3,(H,26,30). The summed E-state index contributed by atoms with van der Waals surface area (Å²) in [7, 11) is 1.35. The van der Waals surface area contributed by atoms with Crippen LogP contribution in [0.15, 0.2) is 48.7 Å². The van der Waals surface area contributed by atoms with E-state index in [4.69, 9.17) is 15.5 Å². The number of nitrogens with one attached hydrogen (secondary N) is 2. The summed E-state index contributed by atoms with van der Waals surface area (Å²) in [5, 5.41) is 6.23. The van der Waals surface area contributed by atoms with Gasteiger partial charge in [0.05, 0.1) is 7.11 Å². The molecule has 2 heterocycles. The van der Waals surface area contributed by atoms with Crippen LogP contribution in [-0.4, -0.2) is 47.0 Å². The molecule has 31 heavy (non-hydrogen) atoms. The molecule has 2 aromatic heterocycles. The number of fused-ring (bicyclic) bond motifs is 1. The normalized spacial score (nSPS) is 18.5. The minimum atomic E-state index is -0.378. The van der Waals surface area contributed by atoms with Crippen molar-refractivity contribution in [1.29, 1.82) is 0 Å². The van der Waals surface area contributed by atoms with Gasteiger partial charge in [0.25, 0.3) is 5.91 Å². The molecule has 1 aliphatic rings. The highest BCUT2D eigenvalue weighted by atomic mass is 16.5. The second kappa shape index (κ2) is 9.18. The van der Waals surface area contributed by atoms with Gasteiger partial charge in [-0.25, -0.2) is 4.98 Å². The zero-order chi connectivity index (χ0) is 21.8. The summed E-state index contributed by atoms with van der Waals surface area (Å²) in [5.74, 6) is 0.174. The highest BCUT2D eigenvalue weighted by Crippen LogP contribution is 2.29. The maximum atomic E-state index is 12.8. The number of hydrogen-bond acceptors (Lipinski definition) is 6. The molecule has 4 N–H and O–H groups in total. The fourth-order valence-electron chi connectivity index (χ4n) is 3.91. The number of anilines is 1. The van der Waals surface area contributed by atoms with E-state index in [0.29, 0.717) is 22.7 Å². The number of esters is 1. The first-order valence-corrected chi connectivity index (χ1v) is 10.5. The Labute approximate surface area is 180 Å². The molecule has 0 unspecified atom stereocenters. The lowest BCUT2D eigenvalue weighted by Crippen LogP contribution is -2.40. The quantitative estimate of drug-likeness (QED) is 0.528. The Hall–Kier alpha value is -3.39. The second-order valence-electron chi connectivity index (χ2n) is 7.83. The van der Waals surface area contributed by atoms with Crippen LogP contribution in [0, 0.1) is 0 Å². The molecule has 8 heteroatoms. The highest BCUT2D eigenvalue weighted by Gasteiger charge is 2.21. The van der Waals surface area contributed by atoms with Gasteiger partial charge in [0.15, 0.2) is 0 Å². The first-order valence-electron chi connectivity index (χ1n) is 10.5. The molecular formula is C23H27N5O3. The summed E-state index contributed by atoms with van der Waals surface area (Å²) in [4.78, 5) is 29.2. The summed E-state index contributed by atoms with van der Waals surface area (Å²) >= 11 is 0. The summed E-state index contributed by atoms with van der Waals surface area (Å²) < 4.78 is 6.58. The van der Waals surface area contributed by atoms with Crippen molar-refractivity contribution >= 4 is 23.3 Å². The Bertz CT molecular complexity index is 1070. The van der Waals surface area contributed by atoms with Crippen molar-refractivity contribution in [3.8, 4) is 11.3 Å². The van der Waals surface area contributed by atoms with Crippen molar-refractivity contribution in [3.05, 3.63) is 54.2 Å². The maximum Gasteiger partial charge on any atom is 0.325 e. The average Bonchev–Trinajstić information content (AvgIpc) is 3.17. The zero-order valence-electron chi connectivity index (χ0n) is 17.5. The third kappa shape index (κ3) is 4.69. The summed E-state index contributed by atoms with van der Waals surface area (Å²) in [6.07, 6.45) is 5.45. The van der Waals surface area contributed by atoms with Gasteiger partial charge in [-0.1, -0.05) is 30.3 Å². The van der Waals surface area contributed by atoms with Gasteiger partial charge < -0.3 is 21.1 Å². The van der Waals surface area contributed by atoms with Crippen molar-refractivity contribution in [3.63, 3.8) is 0 Å². The average molecular weight is 422 g/mol. The van der Waals surface area contributed by atoms with E-state index in [1.54, 1.807) is 18.3 Å². The van der Waals surface area contributed by atoms with E-state index in [-0.39, 0.29) is 30.5 Å². The number of nitrogens with zero attached hydrogens (tertiary/aromatic N) is 2. The molecule has 1 aliphatic carbocycles. The molecule has 0 atom stereocenters. The van der Waals surface area contributed by atoms with Gasteiger partial charge in [-0.15, -0.1) is 0 Å². The minimum Gasteiger partial charge on any atom is -0.468 e. The third-order valence-electron chi connectivity index (χ3n) is 5.67. The number of carbonyl (C=O) groups is 2. The molecule has 1 amide bonds. The van der Waals surface area contributed by atoms with Crippen LogP contribution in [-0.2, 0) is 9.53 Å². The van der Waals surface area contributed by atoms with Crippen molar-refractivity contribution in [2.24, 2.45) is 5.73 Å². The van der Waals surface area contributed by atoms with Gasteiger partial charge in [-0.05, 0) is 37.8 Å². The van der Waals surface area contributed by atoms with Gasteiger partial charge in [-0.2, -0.15) is 0 Å². The van der Waals surface area contributed by atoms with Gasteiger partial charge in [0, 0.05) is 29.4 Å². The van der Waals surface area contributed by atoms with Gasteiger partial charge in [0.1, 0.15) is 23.7 Å². The molecule has 3 aromatic rings. The number of benzene rings is 1. The van der Waals surface area contributed by atoms with Crippen LogP contribution in [0.25, 0.3) is 16.9 Å². The SMILES string of the molecule is COC(=O)CNc1c(-c2ccccc2)nc2cc(C(=O)NC3CCC(N)CC3)ccn12. The number of aromatic nitrogens is 2. The fourth-order valence-corrected chi connectivity index (χ4v) is 3.91. The molecule has 0 bridgehead atoms. The zero-order valence-corrected chi connectivity index (χ0v) is 17.5. The number of rotatable bonds is 6. The van der Waals surface area contributed by atoms with Crippen LogP contribution in [0.3, 0.4) is 0 Å². The first-order chi connectivity index (χ1) is 15.0. The van der Waals surface area contributed by atoms with E-state index in [0.717, 1.165) is 31.2 Å². The van der Waals surface area contributed by atoms with E-state index < -0.39 is 0 Å². The van der Waals surface area contributed by atoms with Crippen molar-refractivity contribution < 1.29 is 14.3 Å². The van der Waals surface area contributed by atoms with Crippen LogP contribution in [0.2, 0.25) is 0 Å². The van der Waals surface area contributed by atoms with Crippen LogP contribution in [0.5, 0.6) is 0 Å². The Morgan fingerprint density at radius 3 is 2.61 bits per heavy atom. The molecule has 1 fully saturated rings. The number of imidazole rings is 1. The Morgan fingerprint density at radius 1 is 1.16 bits per heavy atom. The Kier molecular flexibility index (Phi) is 6.18. The fraction of sp³-hybridized carbons (Fsp3) is 0.348. The third-order valence-corrected chi connectivity index (χ3v) is 5.67. The van der Waals surface area contributed by atoms with Crippen molar-refractivity contribution in [2.45, 2.75) is 37.8 Å².